The minimum atomic E-state index is -0.00537. The van der Waals surface area contributed by atoms with Gasteiger partial charge in [-0.15, -0.1) is 0 Å². The van der Waals surface area contributed by atoms with E-state index in [0.29, 0.717) is 23.9 Å². The smallest absolute Gasteiger partial charge is 0.273 e. The van der Waals surface area contributed by atoms with E-state index in [0.717, 1.165) is 35.7 Å². The van der Waals surface area contributed by atoms with Gasteiger partial charge >= 0.3 is 0 Å². The molecule has 0 aliphatic carbocycles. The number of rotatable bonds is 2. The molecule has 3 heterocycles. The lowest BCUT2D eigenvalue weighted by Crippen LogP contribution is -2.49. The van der Waals surface area contributed by atoms with Gasteiger partial charge in [0.05, 0.1) is 30.3 Å². The molecule has 2 fully saturated rings. The first-order chi connectivity index (χ1) is 11.2. The summed E-state index contributed by atoms with van der Waals surface area (Å²) < 4.78 is 5.59. The molecule has 2 aromatic rings. The Morgan fingerprint density at radius 3 is 2.78 bits per heavy atom. The summed E-state index contributed by atoms with van der Waals surface area (Å²) >= 11 is 6.39. The van der Waals surface area contributed by atoms with E-state index in [2.05, 4.69) is 4.98 Å². The molecule has 120 valence electrons. The molecule has 0 spiro atoms. The second kappa shape index (κ2) is 5.77. The highest BCUT2D eigenvalue weighted by Gasteiger charge is 2.41. The summed E-state index contributed by atoms with van der Waals surface area (Å²) in [6, 6.07) is 8.09. The Morgan fingerprint density at radius 1 is 1.35 bits per heavy atom. The fourth-order valence-corrected chi connectivity index (χ4v) is 4.01. The number of amides is 1. The number of hydrogen-bond donors (Lipinski definition) is 0. The zero-order valence-electron chi connectivity index (χ0n) is 13.1. The Kier molecular flexibility index (Phi) is 3.74. The van der Waals surface area contributed by atoms with Crippen molar-refractivity contribution in [3.8, 4) is 0 Å². The fraction of sp³-hybridized carbons (Fsp3) is 0.444. The van der Waals surface area contributed by atoms with Crippen molar-refractivity contribution in [1.82, 2.24) is 9.88 Å². The van der Waals surface area contributed by atoms with Crippen molar-refractivity contribution < 1.29 is 9.53 Å². The van der Waals surface area contributed by atoms with Gasteiger partial charge in [0, 0.05) is 11.1 Å². The lowest BCUT2D eigenvalue weighted by molar-refractivity contribution is -0.00735. The Morgan fingerprint density at radius 2 is 2.09 bits per heavy atom. The van der Waals surface area contributed by atoms with E-state index in [1.165, 1.54) is 0 Å². The number of fused-ring (bicyclic) bond motifs is 3. The molecule has 2 aliphatic rings. The molecule has 5 heteroatoms. The van der Waals surface area contributed by atoms with Gasteiger partial charge in [0.2, 0.25) is 0 Å². The molecule has 1 amide bonds. The Hall–Kier alpha value is -1.65. The van der Waals surface area contributed by atoms with Crippen molar-refractivity contribution in [2.75, 3.05) is 13.2 Å². The van der Waals surface area contributed by atoms with Gasteiger partial charge in [-0.05, 0) is 36.8 Å². The Balaban J connectivity index is 1.86. The molecule has 2 saturated heterocycles. The lowest BCUT2D eigenvalue weighted by atomic mass is 10.1. The number of aromatic nitrogens is 1. The molecule has 1 aromatic heterocycles. The quantitative estimate of drug-likeness (QED) is 0.847. The maximum Gasteiger partial charge on any atom is 0.273 e. The predicted octanol–water partition coefficient (Wildman–Crippen LogP) is 3.45. The summed E-state index contributed by atoms with van der Waals surface area (Å²) in [6.45, 7) is 3.30. The molecule has 2 atom stereocenters. The van der Waals surface area contributed by atoms with E-state index < -0.39 is 0 Å². The van der Waals surface area contributed by atoms with Crippen molar-refractivity contribution in [1.29, 1.82) is 0 Å². The molecular weight excluding hydrogens is 312 g/mol. The Labute approximate surface area is 140 Å². The van der Waals surface area contributed by atoms with Gasteiger partial charge in [-0.3, -0.25) is 4.79 Å². The van der Waals surface area contributed by atoms with Crippen LogP contribution in [0, 0.1) is 0 Å². The molecule has 23 heavy (non-hydrogen) atoms. The maximum absolute atomic E-state index is 13.2. The van der Waals surface area contributed by atoms with Crippen LogP contribution >= 0.6 is 11.6 Å². The minimum absolute atomic E-state index is 0.00537. The number of carbonyl (C=O) groups is 1. The van der Waals surface area contributed by atoms with Crippen LogP contribution in [0.2, 0.25) is 5.02 Å². The summed E-state index contributed by atoms with van der Waals surface area (Å²) in [5, 5.41) is 2.33. The monoisotopic (exact) mass is 330 g/mol. The average molecular weight is 331 g/mol. The van der Waals surface area contributed by atoms with Gasteiger partial charge < -0.3 is 9.64 Å². The zero-order valence-corrected chi connectivity index (χ0v) is 13.8. The van der Waals surface area contributed by atoms with E-state index in [1.54, 1.807) is 0 Å². The number of nitrogens with zero attached hydrogens (tertiary/aromatic N) is 2. The Bertz CT molecular complexity index is 761. The minimum Gasteiger partial charge on any atom is -0.377 e. The number of ether oxygens (including phenoxy) is 1. The molecule has 0 radical (unpaired) electrons. The number of hydrogen-bond acceptors (Lipinski definition) is 3. The van der Waals surface area contributed by atoms with Crippen LogP contribution in [0.3, 0.4) is 0 Å². The topological polar surface area (TPSA) is 42.4 Å². The van der Waals surface area contributed by atoms with Gasteiger partial charge in [0.15, 0.2) is 0 Å². The van der Waals surface area contributed by atoms with Gasteiger partial charge in [-0.1, -0.05) is 30.7 Å². The van der Waals surface area contributed by atoms with Crippen molar-refractivity contribution in [3.05, 3.63) is 40.7 Å². The summed E-state index contributed by atoms with van der Waals surface area (Å²) in [5.74, 6) is -0.00537. The van der Waals surface area contributed by atoms with Crippen LogP contribution in [-0.2, 0) is 11.2 Å². The van der Waals surface area contributed by atoms with Gasteiger partial charge in [0.25, 0.3) is 5.91 Å². The van der Waals surface area contributed by atoms with Gasteiger partial charge in [-0.25, -0.2) is 4.98 Å². The predicted molar refractivity (Wildman–Crippen MR) is 89.9 cm³/mol. The van der Waals surface area contributed by atoms with Crippen LogP contribution in [0.1, 0.15) is 35.9 Å². The van der Waals surface area contributed by atoms with Crippen LogP contribution < -0.4 is 0 Å². The largest absolute Gasteiger partial charge is 0.377 e. The highest BCUT2D eigenvalue weighted by molar-refractivity contribution is 6.36. The first kappa shape index (κ1) is 14.9. The molecule has 2 bridgehead atoms. The molecule has 0 N–H and O–H groups in total. The third-order valence-electron chi connectivity index (χ3n) is 4.90. The highest BCUT2D eigenvalue weighted by atomic mass is 35.5. The molecule has 2 unspecified atom stereocenters. The third kappa shape index (κ3) is 2.41. The van der Waals surface area contributed by atoms with Crippen molar-refractivity contribution >= 4 is 28.3 Å². The molecule has 2 aliphatic heterocycles. The second-order valence-corrected chi connectivity index (χ2v) is 6.70. The van der Waals surface area contributed by atoms with E-state index in [9.17, 15) is 4.79 Å². The van der Waals surface area contributed by atoms with E-state index >= 15 is 0 Å². The second-order valence-electron chi connectivity index (χ2n) is 6.29. The van der Waals surface area contributed by atoms with E-state index in [-0.39, 0.29) is 18.0 Å². The first-order valence-corrected chi connectivity index (χ1v) is 8.55. The van der Waals surface area contributed by atoms with E-state index in [4.69, 9.17) is 16.3 Å². The first-order valence-electron chi connectivity index (χ1n) is 8.17. The molecular formula is C18H19ClN2O2. The molecule has 1 aromatic carbocycles. The normalized spacial score (nSPS) is 23.5. The lowest BCUT2D eigenvalue weighted by Gasteiger charge is -2.34. The van der Waals surface area contributed by atoms with Crippen LogP contribution in [0.5, 0.6) is 0 Å². The summed E-state index contributed by atoms with van der Waals surface area (Å²) in [6.07, 6.45) is 2.81. The fourth-order valence-electron chi connectivity index (χ4n) is 3.74. The zero-order chi connectivity index (χ0) is 16.0. The van der Waals surface area contributed by atoms with Crippen LogP contribution in [0.15, 0.2) is 24.3 Å². The van der Waals surface area contributed by atoms with Crippen LogP contribution in [-0.4, -0.2) is 41.1 Å². The summed E-state index contributed by atoms with van der Waals surface area (Å²) in [4.78, 5) is 19.9. The number of halogens is 1. The molecule has 4 rings (SSSR count). The number of aryl methyl sites for hydroxylation is 1. The summed E-state index contributed by atoms with van der Waals surface area (Å²) in [5.41, 5.74) is 1.41. The number of morpholine rings is 1. The van der Waals surface area contributed by atoms with E-state index in [1.807, 2.05) is 36.1 Å². The highest BCUT2D eigenvalue weighted by Crippen LogP contribution is 2.33. The van der Waals surface area contributed by atoms with Crippen molar-refractivity contribution in [3.63, 3.8) is 0 Å². The number of benzene rings is 1. The van der Waals surface area contributed by atoms with Crippen molar-refractivity contribution in [2.45, 2.75) is 38.3 Å². The van der Waals surface area contributed by atoms with Crippen LogP contribution in [0.4, 0.5) is 0 Å². The third-order valence-corrected chi connectivity index (χ3v) is 5.21. The molecule has 0 saturated carbocycles. The SMILES string of the molecule is CCc1cc2cccc(Cl)c2c(C(=O)N2C3CCC2COC3)n1. The maximum atomic E-state index is 13.2. The molecule has 4 nitrogen and oxygen atoms in total. The number of carbonyl (C=O) groups excluding carboxylic acids is 1. The standard InChI is InChI=1S/C18H19ClN2O2/c1-2-12-8-11-4-3-5-15(19)16(11)17(20-12)18(22)21-13-6-7-14(21)10-23-9-13/h3-5,8,13-14H,2,6-7,9-10H2,1H3. The average Bonchev–Trinajstić information content (AvgIpc) is 2.82. The van der Waals surface area contributed by atoms with Crippen LogP contribution in [0.25, 0.3) is 10.8 Å². The van der Waals surface area contributed by atoms with Crippen molar-refractivity contribution in [2.24, 2.45) is 0 Å². The van der Waals surface area contributed by atoms with Gasteiger partial charge in [-0.2, -0.15) is 0 Å². The van der Waals surface area contributed by atoms with Gasteiger partial charge in [0.1, 0.15) is 5.69 Å². The summed E-state index contributed by atoms with van der Waals surface area (Å²) in [7, 11) is 0. The number of pyridine rings is 1.